The van der Waals surface area contributed by atoms with Gasteiger partial charge in [0.25, 0.3) is 0 Å². The van der Waals surface area contributed by atoms with Crippen molar-refractivity contribution in [3.63, 3.8) is 0 Å². The van der Waals surface area contributed by atoms with Crippen molar-refractivity contribution < 1.29 is 9.59 Å². The smallest absolute Gasteiger partial charge is 0.165 e. The van der Waals surface area contributed by atoms with E-state index in [2.05, 4.69) is 20.8 Å². The molecule has 72 valence electrons. The van der Waals surface area contributed by atoms with E-state index in [1.807, 2.05) is 6.08 Å². The molecule has 0 aromatic heterocycles. The van der Waals surface area contributed by atoms with Crippen molar-refractivity contribution in [2.75, 3.05) is 0 Å². The number of Topliss-reactive ketones (excluding diaryl/α,β-unsaturated/α-hetero) is 1. The Hall–Kier alpha value is -0.920. The quantitative estimate of drug-likeness (QED) is 0.457. The lowest BCUT2D eigenvalue weighted by Gasteiger charge is -2.30. The van der Waals surface area contributed by atoms with Gasteiger partial charge in [-0.25, -0.2) is 0 Å². The van der Waals surface area contributed by atoms with E-state index in [9.17, 15) is 9.59 Å². The third-order valence-electron chi connectivity index (χ3n) is 2.62. The van der Waals surface area contributed by atoms with Gasteiger partial charge in [-0.1, -0.05) is 26.8 Å². The van der Waals surface area contributed by atoms with Crippen LogP contribution in [0.25, 0.3) is 0 Å². The Balaban J connectivity index is 2.89. The summed E-state index contributed by atoms with van der Waals surface area (Å²) in [5.41, 5.74) is 0.515. The van der Waals surface area contributed by atoms with E-state index >= 15 is 0 Å². The topological polar surface area (TPSA) is 34.1 Å². The minimum atomic E-state index is -0.00417. The highest BCUT2D eigenvalue weighted by Crippen LogP contribution is 2.34. The summed E-state index contributed by atoms with van der Waals surface area (Å²) in [4.78, 5) is 21.8. The van der Waals surface area contributed by atoms with Crippen LogP contribution in [0, 0.1) is 11.3 Å². The summed E-state index contributed by atoms with van der Waals surface area (Å²) < 4.78 is 0. The van der Waals surface area contributed by atoms with Crippen LogP contribution in [0.3, 0.4) is 0 Å². The Morgan fingerprint density at radius 2 is 2.08 bits per heavy atom. The largest absolute Gasteiger partial charge is 0.298 e. The zero-order valence-corrected chi connectivity index (χ0v) is 8.46. The standard InChI is InChI=1S/C11H16O2/c1-11(2,3)9-4-5-10(13)8(6-9)7-12/h6-7,9H,4-5H2,1-3H3. The SMILES string of the molecule is CC(C)(C)C1C=C(C=O)C(=O)CC1. The number of carbonyl (C=O) groups excluding carboxylic acids is 2. The molecule has 0 saturated heterocycles. The zero-order chi connectivity index (χ0) is 10.1. The maximum Gasteiger partial charge on any atom is 0.165 e. The summed E-state index contributed by atoms with van der Waals surface area (Å²) in [7, 11) is 0. The van der Waals surface area contributed by atoms with Gasteiger partial charge in [0, 0.05) is 6.42 Å². The molecular weight excluding hydrogens is 164 g/mol. The molecule has 0 bridgehead atoms. The summed E-state index contributed by atoms with van der Waals surface area (Å²) >= 11 is 0. The first-order valence-electron chi connectivity index (χ1n) is 4.65. The molecule has 13 heavy (non-hydrogen) atoms. The van der Waals surface area contributed by atoms with E-state index in [4.69, 9.17) is 0 Å². The number of allylic oxidation sites excluding steroid dienone is 2. The number of hydrogen-bond acceptors (Lipinski definition) is 2. The average Bonchev–Trinajstić information content (AvgIpc) is 2.03. The Labute approximate surface area is 79.0 Å². The molecule has 2 heteroatoms. The average molecular weight is 180 g/mol. The lowest BCUT2D eigenvalue weighted by atomic mass is 9.74. The monoisotopic (exact) mass is 180 g/mol. The fraction of sp³-hybridized carbons (Fsp3) is 0.636. The molecule has 0 saturated carbocycles. The summed E-state index contributed by atoms with van der Waals surface area (Å²) in [5, 5.41) is 0. The maximum atomic E-state index is 11.2. The molecule has 0 aliphatic heterocycles. The normalized spacial score (nSPS) is 24.1. The van der Waals surface area contributed by atoms with Gasteiger partial charge < -0.3 is 0 Å². The number of rotatable bonds is 1. The summed E-state index contributed by atoms with van der Waals surface area (Å²) in [5.74, 6) is 0.348. The second-order valence-electron chi connectivity index (χ2n) is 4.67. The second kappa shape index (κ2) is 3.44. The van der Waals surface area contributed by atoms with Crippen LogP contribution in [0.5, 0.6) is 0 Å². The highest BCUT2D eigenvalue weighted by molar-refractivity contribution is 6.12. The Morgan fingerprint density at radius 1 is 1.46 bits per heavy atom. The van der Waals surface area contributed by atoms with Crippen LogP contribution < -0.4 is 0 Å². The van der Waals surface area contributed by atoms with Gasteiger partial charge in [-0.05, 0) is 17.8 Å². The third kappa shape index (κ3) is 2.27. The number of aldehydes is 1. The first-order chi connectivity index (χ1) is 5.95. The Morgan fingerprint density at radius 3 is 2.54 bits per heavy atom. The molecule has 1 aliphatic rings. The lowest BCUT2D eigenvalue weighted by molar-refractivity contribution is -0.118. The van der Waals surface area contributed by atoms with Gasteiger partial charge in [-0.15, -0.1) is 0 Å². The fourth-order valence-electron chi connectivity index (χ4n) is 1.61. The fourth-order valence-corrected chi connectivity index (χ4v) is 1.61. The van der Waals surface area contributed by atoms with Crippen LogP contribution in [-0.2, 0) is 9.59 Å². The third-order valence-corrected chi connectivity index (χ3v) is 2.62. The van der Waals surface area contributed by atoms with Crippen LogP contribution in [0.4, 0.5) is 0 Å². The molecule has 0 fully saturated rings. The number of ketones is 1. The van der Waals surface area contributed by atoms with Crippen molar-refractivity contribution in [2.24, 2.45) is 11.3 Å². The molecule has 0 N–H and O–H groups in total. The van der Waals surface area contributed by atoms with Gasteiger partial charge in [-0.2, -0.15) is 0 Å². The Kier molecular flexibility index (Phi) is 2.69. The van der Waals surface area contributed by atoms with Crippen LogP contribution in [0.15, 0.2) is 11.6 Å². The number of hydrogen-bond donors (Lipinski definition) is 0. The summed E-state index contributed by atoms with van der Waals surface area (Å²) in [6.07, 6.45) is 3.91. The zero-order valence-electron chi connectivity index (χ0n) is 8.46. The van der Waals surface area contributed by atoms with Gasteiger partial charge >= 0.3 is 0 Å². The molecule has 1 unspecified atom stereocenters. The molecule has 0 aromatic carbocycles. The lowest BCUT2D eigenvalue weighted by Crippen LogP contribution is -2.24. The van der Waals surface area contributed by atoms with Crippen LogP contribution >= 0.6 is 0 Å². The van der Waals surface area contributed by atoms with E-state index in [0.717, 1.165) is 6.42 Å². The van der Waals surface area contributed by atoms with E-state index in [1.54, 1.807) is 0 Å². The van der Waals surface area contributed by atoms with Gasteiger partial charge in [0.1, 0.15) is 0 Å². The molecule has 1 aliphatic carbocycles. The number of carbonyl (C=O) groups is 2. The Bertz CT molecular complexity index is 256. The molecule has 0 radical (unpaired) electrons. The van der Waals surface area contributed by atoms with Crippen LogP contribution in [-0.4, -0.2) is 12.1 Å². The van der Waals surface area contributed by atoms with Gasteiger partial charge in [0.2, 0.25) is 0 Å². The maximum absolute atomic E-state index is 11.2. The molecule has 0 spiro atoms. The van der Waals surface area contributed by atoms with Gasteiger partial charge in [-0.3, -0.25) is 9.59 Å². The van der Waals surface area contributed by atoms with Crippen molar-refractivity contribution in [3.05, 3.63) is 11.6 Å². The minimum absolute atomic E-state index is 0.00417. The van der Waals surface area contributed by atoms with E-state index < -0.39 is 0 Å². The van der Waals surface area contributed by atoms with Crippen molar-refractivity contribution in [3.8, 4) is 0 Å². The van der Waals surface area contributed by atoms with Crippen molar-refractivity contribution in [1.29, 1.82) is 0 Å². The predicted molar refractivity (Wildman–Crippen MR) is 51.3 cm³/mol. The molecule has 1 rings (SSSR count). The van der Waals surface area contributed by atoms with Crippen molar-refractivity contribution >= 4 is 12.1 Å². The first kappa shape index (κ1) is 10.2. The second-order valence-corrected chi connectivity index (χ2v) is 4.67. The van der Waals surface area contributed by atoms with Crippen molar-refractivity contribution in [1.82, 2.24) is 0 Å². The van der Waals surface area contributed by atoms with Gasteiger partial charge in [0.15, 0.2) is 12.1 Å². The highest BCUT2D eigenvalue weighted by Gasteiger charge is 2.28. The molecule has 0 aromatic rings. The molecule has 1 atom stereocenters. The van der Waals surface area contributed by atoms with Crippen LogP contribution in [0.2, 0.25) is 0 Å². The highest BCUT2D eigenvalue weighted by atomic mass is 16.1. The molecule has 0 heterocycles. The van der Waals surface area contributed by atoms with E-state index in [-0.39, 0.29) is 11.2 Å². The predicted octanol–water partition coefficient (Wildman–Crippen LogP) is 2.14. The summed E-state index contributed by atoms with van der Waals surface area (Å²) in [6.45, 7) is 6.39. The van der Waals surface area contributed by atoms with Gasteiger partial charge in [0.05, 0.1) is 5.57 Å². The van der Waals surface area contributed by atoms with Crippen molar-refractivity contribution in [2.45, 2.75) is 33.6 Å². The molecule has 0 amide bonds. The molecule has 2 nitrogen and oxygen atoms in total. The van der Waals surface area contributed by atoms with Crippen LogP contribution in [0.1, 0.15) is 33.6 Å². The first-order valence-corrected chi connectivity index (χ1v) is 4.65. The minimum Gasteiger partial charge on any atom is -0.298 e. The molecular formula is C11H16O2. The van der Waals surface area contributed by atoms with E-state index in [0.29, 0.717) is 24.2 Å². The van der Waals surface area contributed by atoms with E-state index in [1.165, 1.54) is 0 Å². The summed E-state index contributed by atoms with van der Waals surface area (Å²) in [6, 6.07) is 0.